The Hall–Kier alpha value is -2.94. The van der Waals surface area contributed by atoms with Gasteiger partial charge in [-0.3, -0.25) is 18.5 Å². The summed E-state index contributed by atoms with van der Waals surface area (Å²) < 4.78 is 17.3. The molecule has 2 aromatic heterocycles. The first kappa shape index (κ1) is 18.8. The Balaban J connectivity index is 2.21. The number of rotatable bonds is 6. The van der Waals surface area contributed by atoms with Crippen LogP contribution in [0.1, 0.15) is 18.9 Å². The Bertz CT molecular complexity index is 1080. The van der Waals surface area contributed by atoms with Gasteiger partial charge in [-0.15, -0.1) is 0 Å². The average molecular weight is 375 g/mol. The van der Waals surface area contributed by atoms with Crippen LogP contribution in [0, 0.1) is 5.82 Å². The lowest BCUT2D eigenvalue weighted by Crippen LogP contribution is -2.37. The summed E-state index contributed by atoms with van der Waals surface area (Å²) in [6.45, 7) is 2.17. The van der Waals surface area contributed by atoms with Gasteiger partial charge in [-0.1, -0.05) is 12.1 Å². The topological polar surface area (TPSA) is 94.1 Å². The largest absolute Gasteiger partial charge is 0.396 e. The quantitative estimate of drug-likeness (QED) is 0.665. The highest BCUT2D eigenvalue weighted by molar-refractivity contribution is 5.74. The molecule has 9 heteroatoms. The molecule has 3 rings (SSSR count). The van der Waals surface area contributed by atoms with Gasteiger partial charge in [-0.25, -0.2) is 9.18 Å². The first-order chi connectivity index (χ1) is 12.8. The molecule has 0 aliphatic carbocycles. The number of imidazole rings is 1. The normalized spacial score (nSPS) is 12.5. The molecule has 0 amide bonds. The van der Waals surface area contributed by atoms with Gasteiger partial charge in [0.1, 0.15) is 5.82 Å². The van der Waals surface area contributed by atoms with Crippen molar-refractivity contribution in [1.82, 2.24) is 18.7 Å². The van der Waals surface area contributed by atoms with E-state index in [0.29, 0.717) is 12.4 Å². The maximum Gasteiger partial charge on any atom is 0.332 e. The van der Waals surface area contributed by atoms with E-state index < -0.39 is 11.2 Å². The number of anilines is 1. The maximum absolute atomic E-state index is 13.2. The minimum absolute atomic E-state index is 0.00656. The first-order valence-corrected chi connectivity index (χ1v) is 8.61. The van der Waals surface area contributed by atoms with Crippen LogP contribution in [-0.4, -0.2) is 36.4 Å². The summed E-state index contributed by atoms with van der Waals surface area (Å²) in [5, 5.41) is 12.3. The molecule has 0 unspecified atom stereocenters. The number of aromatic nitrogens is 4. The van der Waals surface area contributed by atoms with Crippen molar-refractivity contribution in [2.24, 2.45) is 14.1 Å². The van der Waals surface area contributed by atoms with Crippen molar-refractivity contribution in [2.45, 2.75) is 25.9 Å². The van der Waals surface area contributed by atoms with Crippen LogP contribution in [0.15, 0.2) is 33.9 Å². The molecule has 2 heterocycles. The van der Waals surface area contributed by atoms with Crippen molar-refractivity contribution < 1.29 is 9.50 Å². The van der Waals surface area contributed by atoms with Crippen LogP contribution in [0.2, 0.25) is 0 Å². The van der Waals surface area contributed by atoms with Gasteiger partial charge in [0, 0.05) is 26.7 Å². The SMILES string of the molecule is C[C@@H](CCO)Nc1nc2c(c(=O)n(C)c(=O)n2C)n1Cc1ccc(F)cc1. The summed E-state index contributed by atoms with van der Waals surface area (Å²) in [5.41, 5.74) is 0.412. The zero-order valence-corrected chi connectivity index (χ0v) is 15.4. The summed E-state index contributed by atoms with van der Waals surface area (Å²) in [5.74, 6) is 0.0658. The molecule has 0 radical (unpaired) electrons. The Morgan fingerprint density at radius 1 is 1.19 bits per heavy atom. The molecular weight excluding hydrogens is 353 g/mol. The lowest BCUT2D eigenvalue weighted by molar-refractivity contribution is 0.282. The lowest BCUT2D eigenvalue weighted by atomic mass is 10.2. The molecule has 0 saturated heterocycles. The molecule has 0 fully saturated rings. The highest BCUT2D eigenvalue weighted by Gasteiger charge is 2.20. The van der Waals surface area contributed by atoms with E-state index in [4.69, 9.17) is 5.11 Å². The number of aliphatic hydroxyl groups excluding tert-OH is 1. The third kappa shape index (κ3) is 3.50. The molecular formula is C18H22FN5O3. The maximum atomic E-state index is 13.2. The number of hydrogen-bond donors (Lipinski definition) is 2. The second-order valence-electron chi connectivity index (χ2n) is 6.58. The number of halogens is 1. The zero-order valence-electron chi connectivity index (χ0n) is 15.4. The van der Waals surface area contributed by atoms with Gasteiger partial charge in [0.2, 0.25) is 5.95 Å². The molecule has 27 heavy (non-hydrogen) atoms. The number of nitrogens with zero attached hydrogens (tertiary/aromatic N) is 4. The lowest BCUT2D eigenvalue weighted by Gasteiger charge is -2.15. The van der Waals surface area contributed by atoms with Crippen LogP contribution in [0.25, 0.3) is 11.2 Å². The van der Waals surface area contributed by atoms with E-state index in [1.165, 1.54) is 23.7 Å². The highest BCUT2D eigenvalue weighted by atomic mass is 19.1. The standard InChI is InChI=1S/C18H22FN5O3/c1-11(8-9-25)20-17-21-15-14(16(26)23(3)18(27)22(15)2)24(17)10-12-4-6-13(19)7-5-12/h4-7,11,25H,8-10H2,1-3H3,(H,20,21)/t11-/m0/s1. The van der Waals surface area contributed by atoms with Crippen molar-refractivity contribution in [3.05, 3.63) is 56.5 Å². The molecule has 0 bridgehead atoms. The summed E-state index contributed by atoms with van der Waals surface area (Å²) in [4.78, 5) is 29.4. The number of hydrogen-bond acceptors (Lipinski definition) is 5. The fourth-order valence-corrected chi connectivity index (χ4v) is 2.97. The number of fused-ring (bicyclic) bond motifs is 1. The Labute approximate surface area is 154 Å². The van der Waals surface area contributed by atoms with Gasteiger partial charge in [0.15, 0.2) is 11.2 Å². The average Bonchev–Trinajstić information content (AvgIpc) is 2.98. The van der Waals surface area contributed by atoms with E-state index >= 15 is 0 Å². The van der Waals surface area contributed by atoms with Gasteiger partial charge in [-0.2, -0.15) is 4.98 Å². The van der Waals surface area contributed by atoms with E-state index in [0.717, 1.165) is 10.1 Å². The third-order valence-electron chi connectivity index (χ3n) is 4.54. The Morgan fingerprint density at radius 2 is 1.85 bits per heavy atom. The second kappa shape index (κ2) is 7.36. The summed E-state index contributed by atoms with van der Waals surface area (Å²) in [6.07, 6.45) is 0.497. The Kier molecular flexibility index (Phi) is 5.13. The molecule has 0 aliphatic rings. The number of benzene rings is 1. The van der Waals surface area contributed by atoms with Crippen molar-refractivity contribution in [3.8, 4) is 0 Å². The minimum atomic E-state index is -0.464. The van der Waals surface area contributed by atoms with Crippen molar-refractivity contribution in [1.29, 1.82) is 0 Å². The zero-order chi connectivity index (χ0) is 19.7. The molecule has 1 aromatic carbocycles. The van der Waals surface area contributed by atoms with E-state index in [1.54, 1.807) is 23.7 Å². The van der Waals surface area contributed by atoms with Gasteiger partial charge in [0.05, 0.1) is 6.54 Å². The molecule has 2 N–H and O–H groups in total. The minimum Gasteiger partial charge on any atom is -0.396 e. The van der Waals surface area contributed by atoms with Crippen molar-refractivity contribution >= 4 is 17.1 Å². The molecule has 3 aromatic rings. The van der Waals surface area contributed by atoms with Crippen LogP contribution in [0.3, 0.4) is 0 Å². The van der Waals surface area contributed by atoms with Gasteiger partial charge >= 0.3 is 5.69 Å². The van der Waals surface area contributed by atoms with Crippen LogP contribution in [-0.2, 0) is 20.6 Å². The van der Waals surface area contributed by atoms with E-state index in [1.807, 2.05) is 6.92 Å². The van der Waals surface area contributed by atoms with Crippen LogP contribution < -0.4 is 16.6 Å². The van der Waals surface area contributed by atoms with E-state index in [9.17, 15) is 14.0 Å². The van der Waals surface area contributed by atoms with Gasteiger partial charge in [-0.05, 0) is 31.0 Å². The van der Waals surface area contributed by atoms with Gasteiger partial charge in [0.25, 0.3) is 5.56 Å². The van der Waals surface area contributed by atoms with Crippen LogP contribution >= 0.6 is 0 Å². The van der Waals surface area contributed by atoms with Crippen molar-refractivity contribution in [3.63, 3.8) is 0 Å². The fraction of sp³-hybridized carbons (Fsp3) is 0.389. The molecule has 0 aliphatic heterocycles. The van der Waals surface area contributed by atoms with Gasteiger partial charge < -0.3 is 10.4 Å². The number of aliphatic hydroxyl groups is 1. The van der Waals surface area contributed by atoms with Crippen molar-refractivity contribution in [2.75, 3.05) is 11.9 Å². The molecule has 144 valence electrons. The predicted molar refractivity (Wildman–Crippen MR) is 101 cm³/mol. The smallest absolute Gasteiger partial charge is 0.332 e. The summed E-state index contributed by atoms with van der Waals surface area (Å²) >= 11 is 0. The summed E-state index contributed by atoms with van der Waals surface area (Å²) in [7, 11) is 2.97. The fourth-order valence-electron chi connectivity index (χ4n) is 2.97. The van der Waals surface area contributed by atoms with E-state index in [2.05, 4.69) is 10.3 Å². The predicted octanol–water partition coefficient (Wildman–Crippen LogP) is 0.804. The third-order valence-corrected chi connectivity index (χ3v) is 4.54. The summed E-state index contributed by atoms with van der Waals surface area (Å²) in [6, 6.07) is 5.87. The monoisotopic (exact) mass is 375 g/mol. The highest BCUT2D eigenvalue weighted by Crippen LogP contribution is 2.19. The number of nitrogens with one attached hydrogen (secondary N) is 1. The van der Waals surface area contributed by atoms with Crippen LogP contribution in [0.4, 0.5) is 10.3 Å². The van der Waals surface area contributed by atoms with E-state index in [-0.39, 0.29) is 36.2 Å². The second-order valence-corrected chi connectivity index (χ2v) is 6.58. The molecule has 0 saturated carbocycles. The molecule has 8 nitrogen and oxygen atoms in total. The number of aryl methyl sites for hydroxylation is 1. The molecule has 1 atom stereocenters. The molecule has 0 spiro atoms. The first-order valence-electron chi connectivity index (χ1n) is 8.61. The Morgan fingerprint density at radius 3 is 2.48 bits per heavy atom. The van der Waals surface area contributed by atoms with Crippen LogP contribution in [0.5, 0.6) is 0 Å².